The standard InChI is InChI=1S/C18H23NO2/c1-12-9-10-14(13(11-12)18(2,3)4)21-16-8-6-7-15(20-5)17(16)19/h6-11H,19H2,1-5H3. The number of nitrogen functional groups attached to an aromatic ring is 1. The van der Waals surface area contributed by atoms with Crippen molar-refractivity contribution in [1.82, 2.24) is 0 Å². The summed E-state index contributed by atoms with van der Waals surface area (Å²) in [6.45, 7) is 8.59. The third kappa shape index (κ3) is 3.30. The quantitative estimate of drug-likeness (QED) is 0.833. The molecule has 0 atom stereocenters. The van der Waals surface area contributed by atoms with E-state index in [1.165, 1.54) is 5.56 Å². The Morgan fingerprint density at radius 3 is 2.24 bits per heavy atom. The maximum Gasteiger partial charge on any atom is 0.154 e. The highest BCUT2D eigenvalue weighted by Crippen LogP contribution is 2.39. The maximum atomic E-state index is 6.08. The van der Waals surface area contributed by atoms with Gasteiger partial charge in [-0.2, -0.15) is 0 Å². The molecule has 2 N–H and O–H groups in total. The number of para-hydroxylation sites is 1. The van der Waals surface area contributed by atoms with E-state index in [-0.39, 0.29) is 5.41 Å². The molecule has 112 valence electrons. The molecule has 0 fully saturated rings. The minimum absolute atomic E-state index is 0.00498. The highest BCUT2D eigenvalue weighted by molar-refractivity contribution is 5.64. The highest BCUT2D eigenvalue weighted by atomic mass is 16.5. The van der Waals surface area contributed by atoms with E-state index < -0.39 is 0 Å². The SMILES string of the molecule is COc1cccc(Oc2ccc(C)cc2C(C)(C)C)c1N. The third-order valence-corrected chi connectivity index (χ3v) is 3.41. The van der Waals surface area contributed by atoms with Crippen molar-refractivity contribution in [2.75, 3.05) is 12.8 Å². The van der Waals surface area contributed by atoms with Gasteiger partial charge in [-0.3, -0.25) is 0 Å². The summed E-state index contributed by atoms with van der Waals surface area (Å²) in [7, 11) is 1.60. The van der Waals surface area contributed by atoms with Crippen LogP contribution in [0.2, 0.25) is 0 Å². The van der Waals surface area contributed by atoms with E-state index in [4.69, 9.17) is 15.2 Å². The van der Waals surface area contributed by atoms with Crippen LogP contribution in [0.5, 0.6) is 17.2 Å². The Labute approximate surface area is 126 Å². The molecule has 0 unspecified atom stereocenters. The van der Waals surface area contributed by atoms with E-state index in [1.807, 2.05) is 30.3 Å². The Hall–Kier alpha value is -2.16. The minimum atomic E-state index is -0.00498. The molecule has 0 aliphatic heterocycles. The maximum absolute atomic E-state index is 6.08. The second-order valence-electron chi connectivity index (χ2n) is 6.22. The summed E-state index contributed by atoms with van der Waals surface area (Å²) in [4.78, 5) is 0. The number of hydrogen-bond donors (Lipinski definition) is 1. The number of rotatable bonds is 3. The molecule has 2 rings (SSSR count). The topological polar surface area (TPSA) is 44.5 Å². The lowest BCUT2D eigenvalue weighted by Crippen LogP contribution is -2.13. The summed E-state index contributed by atoms with van der Waals surface area (Å²) in [5.41, 5.74) is 8.96. The van der Waals surface area contributed by atoms with Crippen molar-refractivity contribution in [1.29, 1.82) is 0 Å². The van der Waals surface area contributed by atoms with Gasteiger partial charge in [0.25, 0.3) is 0 Å². The van der Waals surface area contributed by atoms with Crippen LogP contribution in [-0.2, 0) is 5.41 Å². The lowest BCUT2D eigenvalue weighted by atomic mass is 9.85. The lowest BCUT2D eigenvalue weighted by molar-refractivity contribution is 0.410. The van der Waals surface area contributed by atoms with Crippen molar-refractivity contribution in [3.05, 3.63) is 47.5 Å². The van der Waals surface area contributed by atoms with Gasteiger partial charge in [-0.05, 0) is 30.5 Å². The fraction of sp³-hybridized carbons (Fsp3) is 0.333. The second-order valence-corrected chi connectivity index (χ2v) is 6.22. The molecule has 0 aliphatic rings. The summed E-state index contributed by atoms with van der Waals surface area (Å²) in [6, 6.07) is 11.7. The Morgan fingerprint density at radius 2 is 1.62 bits per heavy atom. The predicted molar refractivity (Wildman–Crippen MR) is 87.4 cm³/mol. The number of aryl methyl sites for hydroxylation is 1. The molecule has 0 amide bonds. The van der Waals surface area contributed by atoms with Crippen LogP contribution in [0.4, 0.5) is 5.69 Å². The van der Waals surface area contributed by atoms with Crippen LogP contribution < -0.4 is 15.2 Å². The number of benzene rings is 2. The first-order chi connectivity index (χ1) is 9.82. The highest BCUT2D eigenvalue weighted by Gasteiger charge is 2.20. The van der Waals surface area contributed by atoms with Gasteiger partial charge in [0.05, 0.1) is 7.11 Å². The van der Waals surface area contributed by atoms with Gasteiger partial charge in [-0.15, -0.1) is 0 Å². The number of anilines is 1. The van der Waals surface area contributed by atoms with Crippen LogP contribution in [0.15, 0.2) is 36.4 Å². The van der Waals surface area contributed by atoms with E-state index in [1.54, 1.807) is 7.11 Å². The van der Waals surface area contributed by atoms with Gasteiger partial charge in [0.1, 0.15) is 17.2 Å². The summed E-state index contributed by atoms with van der Waals surface area (Å²) < 4.78 is 11.3. The molecule has 0 aromatic heterocycles. The lowest BCUT2D eigenvalue weighted by Gasteiger charge is -2.23. The average Bonchev–Trinajstić information content (AvgIpc) is 2.42. The van der Waals surface area contributed by atoms with Crippen molar-refractivity contribution < 1.29 is 9.47 Å². The van der Waals surface area contributed by atoms with Gasteiger partial charge < -0.3 is 15.2 Å². The van der Waals surface area contributed by atoms with Gasteiger partial charge >= 0.3 is 0 Å². The van der Waals surface area contributed by atoms with Gasteiger partial charge in [-0.25, -0.2) is 0 Å². The third-order valence-electron chi connectivity index (χ3n) is 3.41. The Kier molecular flexibility index (Phi) is 4.12. The molecule has 2 aromatic rings. The number of nitrogens with two attached hydrogens (primary N) is 1. The number of methoxy groups -OCH3 is 1. The molecule has 21 heavy (non-hydrogen) atoms. The molecule has 3 heteroatoms. The van der Waals surface area contributed by atoms with Gasteiger partial charge in [-0.1, -0.05) is 44.5 Å². The van der Waals surface area contributed by atoms with Crippen LogP contribution in [0, 0.1) is 6.92 Å². The Bertz CT molecular complexity index is 642. The molecular weight excluding hydrogens is 262 g/mol. The summed E-state index contributed by atoms with van der Waals surface area (Å²) >= 11 is 0. The van der Waals surface area contributed by atoms with Crippen molar-refractivity contribution in [3.63, 3.8) is 0 Å². The molecule has 0 bridgehead atoms. The van der Waals surface area contributed by atoms with Gasteiger partial charge in [0, 0.05) is 5.56 Å². The summed E-state index contributed by atoms with van der Waals surface area (Å²) in [6.07, 6.45) is 0. The van der Waals surface area contributed by atoms with E-state index in [0.717, 1.165) is 11.3 Å². The molecule has 2 aromatic carbocycles. The zero-order valence-electron chi connectivity index (χ0n) is 13.4. The van der Waals surface area contributed by atoms with E-state index in [9.17, 15) is 0 Å². The van der Waals surface area contributed by atoms with Gasteiger partial charge in [0.15, 0.2) is 5.75 Å². The zero-order valence-corrected chi connectivity index (χ0v) is 13.4. The molecule has 0 aliphatic carbocycles. The largest absolute Gasteiger partial charge is 0.494 e. The minimum Gasteiger partial charge on any atom is -0.494 e. The smallest absolute Gasteiger partial charge is 0.154 e. The van der Waals surface area contributed by atoms with Crippen molar-refractivity contribution in [2.24, 2.45) is 0 Å². The summed E-state index contributed by atoms with van der Waals surface area (Å²) in [5.74, 6) is 2.06. The number of hydrogen-bond acceptors (Lipinski definition) is 3. The van der Waals surface area contributed by atoms with Crippen LogP contribution in [0.1, 0.15) is 31.9 Å². The van der Waals surface area contributed by atoms with E-state index in [0.29, 0.717) is 17.2 Å². The zero-order chi connectivity index (χ0) is 15.6. The molecular formula is C18H23NO2. The average molecular weight is 285 g/mol. The first kappa shape index (κ1) is 15.2. The normalized spacial score (nSPS) is 11.3. The first-order valence-corrected chi connectivity index (χ1v) is 7.04. The van der Waals surface area contributed by atoms with E-state index >= 15 is 0 Å². The number of ether oxygens (including phenoxy) is 2. The fourth-order valence-corrected chi connectivity index (χ4v) is 2.23. The molecule has 0 radical (unpaired) electrons. The van der Waals surface area contributed by atoms with Crippen LogP contribution >= 0.6 is 0 Å². The second kappa shape index (κ2) is 5.68. The Balaban J connectivity index is 2.45. The van der Waals surface area contributed by atoms with E-state index in [2.05, 4.69) is 33.8 Å². The molecule has 0 saturated carbocycles. The Morgan fingerprint density at radius 1 is 0.952 bits per heavy atom. The first-order valence-electron chi connectivity index (χ1n) is 7.04. The van der Waals surface area contributed by atoms with Crippen LogP contribution in [0.3, 0.4) is 0 Å². The molecule has 3 nitrogen and oxygen atoms in total. The van der Waals surface area contributed by atoms with Crippen molar-refractivity contribution in [3.8, 4) is 17.2 Å². The molecule has 0 spiro atoms. The molecule has 0 saturated heterocycles. The predicted octanol–water partition coefficient (Wildman–Crippen LogP) is 4.68. The monoisotopic (exact) mass is 285 g/mol. The van der Waals surface area contributed by atoms with Crippen LogP contribution in [-0.4, -0.2) is 7.11 Å². The fourth-order valence-electron chi connectivity index (χ4n) is 2.23. The van der Waals surface area contributed by atoms with Gasteiger partial charge in [0.2, 0.25) is 0 Å². The van der Waals surface area contributed by atoms with Crippen LogP contribution in [0.25, 0.3) is 0 Å². The van der Waals surface area contributed by atoms with Crippen molar-refractivity contribution >= 4 is 5.69 Å². The van der Waals surface area contributed by atoms with Crippen molar-refractivity contribution in [2.45, 2.75) is 33.1 Å². The summed E-state index contributed by atoms with van der Waals surface area (Å²) in [5, 5.41) is 0. The molecule has 0 heterocycles.